The Labute approximate surface area is 69.4 Å². The molecule has 0 saturated carbocycles. The van der Waals surface area contributed by atoms with Gasteiger partial charge in [-0.05, 0) is 0 Å². The molecule has 10 heavy (non-hydrogen) atoms. The molecule has 1 heterocycles. The molecule has 0 saturated heterocycles. The molecule has 1 rings (SSSR count). The standard InChI is InChI=1S/C6H6N2S2/c1-2-4-8(9)6-7-3-5-10-6/h1,3,5,9H,4H2. The number of rotatable bonds is 2. The molecule has 0 radical (unpaired) electrons. The van der Waals surface area contributed by atoms with Crippen molar-refractivity contribution >= 4 is 29.3 Å². The summed E-state index contributed by atoms with van der Waals surface area (Å²) in [7, 11) is 0. The first-order valence-corrected chi connectivity index (χ1v) is 3.92. The largest absolute Gasteiger partial charge is 0.283 e. The Morgan fingerprint density at radius 3 is 3.20 bits per heavy atom. The lowest BCUT2D eigenvalue weighted by Crippen LogP contribution is -2.09. The second-order valence-corrected chi connectivity index (χ2v) is 2.93. The third-order valence-corrected chi connectivity index (χ3v) is 2.14. The fraction of sp³-hybridized carbons (Fsp3) is 0.167. The van der Waals surface area contributed by atoms with Crippen LogP contribution in [0.5, 0.6) is 0 Å². The van der Waals surface area contributed by atoms with Crippen molar-refractivity contribution in [2.45, 2.75) is 0 Å². The number of nitrogens with zero attached hydrogens (tertiary/aromatic N) is 2. The summed E-state index contributed by atoms with van der Waals surface area (Å²) in [5.74, 6) is 2.47. The van der Waals surface area contributed by atoms with Crippen LogP contribution < -0.4 is 4.31 Å². The van der Waals surface area contributed by atoms with Gasteiger partial charge in [0.15, 0.2) is 5.13 Å². The number of hydrogen-bond donors (Lipinski definition) is 1. The summed E-state index contributed by atoms with van der Waals surface area (Å²) >= 11 is 5.62. The van der Waals surface area contributed by atoms with E-state index in [2.05, 4.69) is 23.7 Å². The summed E-state index contributed by atoms with van der Waals surface area (Å²) in [6.45, 7) is 0.483. The molecule has 0 spiro atoms. The number of thiol groups is 1. The molecule has 0 amide bonds. The van der Waals surface area contributed by atoms with Crippen LogP contribution in [0.1, 0.15) is 0 Å². The van der Waals surface area contributed by atoms with Crippen molar-refractivity contribution in [1.82, 2.24) is 4.98 Å². The monoisotopic (exact) mass is 170 g/mol. The van der Waals surface area contributed by atoms with E-state index in [9.17, 15) is 0 Å². The van der Waals surface area contributed by atoms with Gasteiger partial charge in [-0.15, -0.1) is 17.8 Å². The molecule has 0 unspecified atom stereocenters. The Hall–Kier alpha value is -0.660. The first-order valence-electron chi connectivity index (χ1n) is 2.64. The average molecular weight is 170 g/mol. The minimum Gasteiger partial charge on any atom is -0.283 e. The highest BCUT2D eigenvalue weighted by atomic mass is 32.1. The second-order valence-electron chi connectivity index (χ2n) is 1.58. The van der Waals surface area contributed by atoms with Crippen LogP contribution in [0, 0.1) is 12.3 Å². The van der Waals surface area contributed by atoms with Crippen LogP contribution in [0.2, 0.25) is 0 Å². The quantitative estimate of drug-likeness (QED) is 0.534. The van der Waals surface area contributed by atoms with Crippen LogP contribution in [0.4, 0.5) is 5.13 Å². The van der Waals surface area contributed by atoms with Crippen molar-refractivity contribution < 1.29 is 0 Å². The Morgan fingerprint density at radius 2 is 2.70 bits per heavy atom. The molecular weight excluding hydrogens is 164 g/mol. The average Bonchev–Trinajstić information content (AvgIpc) is 2.38. The van der Waals surface area contributed by atoms with Crippen LogP contribution in [0.25, 0.3) is 0 Å². The lowest BCUT2D eigenvalue weighted by molar-refractivity contribution is 1.21. The molecule has 0 aromatic carbocycles. The molecule has 2 nitrogen and oxygen atoms in total. The molecule has 52 valence electrons. The molecule has 0 aliphatic carbocycles. The van der Waals surface area contributed by atoms with Crippen molar-refractivity contribution in [3.05, 3.63) is 11.6 Å². The van der Waals surface area contributed by atoms with E-state index in [1.807, 2.05) is 5.38 Å². The molecule has 0 atom stereocenters. The predicted molar refractivity (Wildman–Crippen MR) is 47.3 cm³/mol. The molecule has 0 fully saturated rings. The second kappa shape index (κ2) is 3.49. The van der Waals surface area contributed by atoms with E-state index in [-0.39, 0.29) is 0 Å². The van der Waals surface area contributed by atoms with E-state index in [1.54, 1.807) is 10.5 Å². The van der Waals surface area contributed by atoms with Crippen molar-refractivity contribution in [2.75, 3.05) is 10.8 Å². The summed E-state index contributed by atoms with van der Waals surface area (Å²) in [5, 5.41) is 2.72. The van der Waals surface area contributed by atoms with Gasteiger partial charge in [-0.1, -0.05) is 18.7 Å². The number of terminal acetylenes is 1. The topological polar surface area (TPSA) is 16.1 Å². The highest BCUT2D eigenvalue weighted by Gasteiger charge is 1.99. The summed E-state index contributed by atoms with van der Waals surface area (Å²) in [4.78, 5) is 4.01. The van der Waals surface area contributed by atoms with Gasteiger partial charge in [-0.2, -0.15) is 0 Å². The fourth-order valence-electron chi connectivity index (χ4n) is 0.497. The van der Waals surface area contributed by atoms with Gasteiger partial charge in [0.2, 0.25) is 0 Å². The summed E-state index contributed by atoms with van der Waals surface area (Å²) in [5.41, 5.74) is 0. The van der Waals surface area contributed by atoms with Crippen LogP contribution >= 0.6 is 24.2 Å². The zero-order chi connectivity index (χ0) is 7.40. The summed E-state index contributed by atoms with van der Waals surface area (Å²) in [6.07, 6.45) is 6.79. The summed E-state index contributed by atoms with van der Waals surface area (Å²) in [6, 6.07) is 0. The SMILES string of the molecule is C#CCN(S)c1nccs1. The lowest BCUT2D eigenvalue weighted by Gasteiger charge is -2.07. The van der Waals surface area contributed by atoms with Crippen molar-refractivity contribution in [3.63, 3.8) is 0 Å². The highest BCUT2D eigenvalue weighted by molar-refractivity contribution is 7.82. The molecule has 0 aliphatic heterocycles. The molecule has 0 N–H and O–H groups in total. The van der Waals surface area contributed by atoms with Crippen LogP contribution in [-0.2, 0) is 0 Å². The smallest absolute Gasteiger partial charge is 0.196 e. The maximum absolute atomic E-state index is 5.07. The third kappa shape index (κ3) is 1.66. The Kier molecular flexibility index (Phi) is 2.60. The van der Waals surface area contributed by atoms with Crippen LogP contribution in [0.3, 0.4) is 0 Å². The van der Waals surface area contributed by atoms with E-state index in [1.165, 1.54) is 11.3 Å². The molecule has 0 aliphatic rings. The van der Waals surface area contributed by atoms with E-state index in [4.69, 9.17) is 6.42 Å². The van der Waals surface area contributed by atoms with Gasteiger partial charge in [0.05, 0.1) is 6.54 Å². The summed E-state index contributed by atoms with van der Waals surface area (Å²) < 4.78 is 1.63. The van der Waals surface area contributed by atoms with Gasteiger partial charge in [0.1, 0.15) is 0 Å². The minimum absolute atomic E-state index is 0.483. The maximum atomic E-state index is 5.07. The molecular formula is C6H6N2S2. The van der Waals surface area contributed by atoms with E-state index < -0.39 is 0 Å². The predicted octanol–water partition coefficient (Wildman–Crippen LogP) is 1.43. The molecule has 1 aromatic rings. The van der Waals surface area contributed by atoms with Crippen LogP contribution in [0.15, 0.2) is 11.6 Å². The van der Waals surface area contributed by atoms with Gasteiger partial charge >= 0.3 is 0 Å². The van der Waals surface area contributed by atoms with Crippen molar-refractivity contribution in [1.29, 1.82) is 0 Å². The van der Waals surface area contributed by atoms with E-state index >= 15 is 0 Å². The fourth-order valence-corrected chi connectivity index (χ4v) is 1.32. The third-order valence-electron chi connectivity index (χ3n) is 0.881. The zero-order valence-corrected chi connectivity index (χ0v) is 6.90. The van der Waals surface area contributed by atoms with E-state index in [0.717, 1.165) is 5.13 Å². The van der Waals surface area contributed by atoms with Gasteiger partial charge in [0.25, 0.3) is 0 Å². The number of aromatic nitrogens is 1. The zero-order valence-electron chi connectivity index (χ0n) is 5.19. The normalized spacial score (nSPS) is 8.80. The number of anilines is 1. The van der Waals surface area contributed by atoms with Crippen molar-refractivity contribution in [3.8, 4) is 12.3 Å². The van der Waals surface area contributed by atoms with Gasteiger partial charge in [-0.3, -0.25) is 4.31 Å². The highest BCUT2D eigenvalue weighted by Crippen LogP contribution is 2.17. The van der Waals surface area contributed by atoms with Gasteiger partial charge < -0.3 is 0 Å². The first kappa shape index (κ1) is 7.45. The van der Waals surface area contributed by atoms with Crippen molar-refractivity contribution in [2.24, 2.45) is 0 Å². The number of hydrogen-bond acceptors (Lipinski definition) is 4. The van der Waals surface area contributed by atoms with Gasteiger partial charge in [0, 0.05) is 11.6 Å². The minimum atomic E-state index is 0.483. The molecule has 1 aromatic heterocycles. The van der Waals surface area contributed by atoms with Gasteiger partial charge in [-0.25, -0.2) is 4.98 Å². The number of thiazole rings is 1. The Morgan fingerprint density at radius 1 is 1.90 bits per heavy atom. The Bertz CT molecular complexity index is 224. The molecule has 4 heteroatoms. The van der Waals surface area contributed by atoms with E-state index in [0.29, 0.717) is 6.54 Å². The maximum Gasteiger partial charge on any atom is 0.196 e. The lowest BCUT2D eigenvalue weighted by atomic mass is 10.7. The van der Waals surface area contributed by atoms with Crippen LogP contribution in [-0.4, -0.2) is 11.5 Å². The molecule has 0 bridgehead atoms. The Balaban J connectivity index is 2.61. The first-order chi connectivity index (χ1) is 4.84.